The maximum Gasteiger partial charge on any atom is 0.328 e. The third-order valence-electron chi connectivity index (χ3n) is 5.13. The molecular formula is C25H21N7O9S. The number of aromatic hydroxyl groups is 1. The number of hydrogen-bond donors (Lipinski definition) is 6. The summed E-state index contributed by atoms with van der Waals surface area (Å²) < 4.78 is 9.94. The van der Waals surface area contributed by atoms with Crippen LogP contribution in [0.1, 0.15) is 10.4 Å². The molecule has 0 radical (unpaired) electrons. The zero-order chi connectivity index (χ0) is 29.9. The molecule has 6 N–H and O–H groups in total. The van der Waals surface area contributed by atoms with Crippen molar-refractivity contribution < 1.29 is 34.4 Å². The van der Waals surface area contributed by atoms with E-state index in [1.165, 1.54) is 24.3 Å². The number of carbonyl (C=O) groups excluding carboxylic acids is 1. The van der Waals surface area contributed by atoms with Crippen LogP contribution in [0.25, 0.3) is 0 Å². The first-order chi connectivity index (χ1) is 20.4. The Balaban J connectivity index is 1.45. The number of benzene rings is 3. The number of anilines is 1. The van der Waals surface area contributed by atoms with Crippen LogP contribution in [0.3, 0.4) is 0 Å². The quantitative estimate of drug-likeness (QED) is 0.0574. The predicted molar refractivity (Wildman–Crippen MR) is 148 cm³/mol. The Kier molecular flexibility index (Phi) is 10.2. The second-order valence-electron chi connectivity index (χ2n) is 7.98. The van der Waals surface area contributed by atoms with E-state index in [0.717, 1.165) is 12.0 Å². The highest BCUT2D eigenvalue weighted by molar-refractivity contribution is 7.94. The Bertz CT molecular complexity index is 1710. The molecule has 216 valence electrons. The lowest BCUT2D eigenvalue weighted by molar-refractivity contribution is -0.432. The molecule has 3 aromatic carbocycles. The second-order valence-corrected chi connectivity index (χ2v) is 8.75. The summed E-state index contributed by atoms with van der Waals surface area (Å²) in [5.74, 6) is -0.965. The van der Waals surface area contributed by atoms with Gasteiger partial charge in [0, 0.05) is 16.5 Å². The number of nitrogens with one attached hydrogen (secondary N) is 3. The SMILES string of the molecule is O=C(Nc1ccc(N=Nc2ccc(SOOO)cc2)cc1OCCO)c1ccc(N=Nc2c(O)[nH]c(=O)[nH]c2=O)cc1. The monoisotopic (exact) mass is 595 g/mol. The lowest BCUT2D eigenvalue weighted by Gasteiger charge is -2.12. The third-order valence-corrected chi connectivity index (χ3v) is 5.73. The van der Waals surface area contributed by atoms with Gasteiger partial charge < -0.3 is 20.3 Å². The fourth-order valence-corrected chi connectivity index (χ4v) is 3.59. The summed E-state index contributed by atoms with van der Waals surface area (Å²) in [6.45, 7) is -0.289. The van der Waals surface area contributed by atoms with E-state index in [1.807, 2.05) is 9.97 Å². The van der Waals surface area contributed by atoms with E-state index in [2.05, 4.69) is 35.1 Å². The number of ether oxygens (including phenoxy) is 1. The van der Waals surface area contributed by atoms with Gasteiger partial charge in [0.25, 0.3) is 11.5 Å². The van der Waals surface area contributed by atoms with Crippen LogP contribution in [-0.4, -0.2) is 44.6 Å². The largest absolute Gasteiger partial charge is 0.493 e. The summed E-state index contributed by atoms with van der Waals surface area (Å²) in [7, 11) is 0. The number of aliphatic hydroxyl groups excluding tert-OH is 1. The molecule has 1 amide bonds. The average Bonchev–Trinajstić information content (AvgIpc) is 2.99. The van der Waals surface area contributed by atoms with Crippen LogP contribution >= 0.6 is 12.0 Å². The molecule has 0 spiro atoms. The van der Waals surface area contributed by atoms with Crippen LogP contribution in [-0.2, 0) is 9.37 Å². The number of rotatable bonds is 12. The Morgan fingerprint density at radius 3 is 2.19 bits per heavy atom. The van der Waals surface area contributed by atoms with Gasteiger partial charge in [0.2, 0.25) is 11.6 Å². The number of H-pyrrole nitrogens is 2. The molecule has 0 saturated heterocycles. The molecule has 42 heavy (non-hydrogen) atoms. The van der Waals surface area contributed by atoms with Crippen molar-refractivity contribution in [3.8, 4) is 11.6 Å². The van der Waals surface area contributed by atoms with Crippen molar-refractivity contribution in [2.75, 3.05) is 18.5 Å². The first-order valence-electron chi connectivity index (χ1n) is 11.8. The highest BCUT2D eigenvalue weighted by Crippen LogP contribution is 2.32. The maximum absolute atomic E-state index is 12.9. The standard InChI is InChI=1S/C25H21N7O9S/c33-11-12-39-20-13-17(31-29-16-5-8-18(9-6-16)42-41-40-38)7-10-19(20)26-22(34)14-1-3-15(4-2-14)30-32-21-23(35)27-25(37)28-24(21)36/h1-10,13,33,38H,11-12H2,(H,26,34)(H3,27,28,35,36,37). The summed E-state index contributed by atoms with van der Waals surface area (Å²) in [5, 5.41) is 49.2. The van der Waals surface area contributed by atoms with E-state index >= 15 is 0 Å². The van der Waals surface area contributed by atoms with Crippen molar-refractivity contribution >= 4 is 46.4 Å². The molecule has 0 bridgehead atoms. The number of carbonyl (C=O) groups is 1. The first-order valence-corrected chi connectivity index (χ1v) is 12.5. The molecule has 0 fully saturated rings. The highest BCUT2D eigenvalue weighted by atomic mass is 32.2. The van der Waals surface area contributed by atoms with E-state index in [9.17, 15) is 24.6 Å². The molecule has 1 heterocycles. The van der Waals surface area contributed by atoms with Gasteiger partial charge in [-0.1, -0.05) is 5.04 Å². The van der Waals surface area contributed by atoms with Crippen LogP contribution in [0, 0.1) is 0 Å². The van der Waals surface area contributed by atoms with Gasteiger partial charge in [-0.05, 0) is 60.7 Å². The topological polar surface area (TPSA) is 233 Å². The fraction of sp³-hybridized carbons (Fsp3) is 0.0800. The van der Waals surface area contributed by atoms with Crippen LogP contribution < -0.4 is 21.3 Å². The number of hydrogen-bond acceptors (Lipinski definition) is 14. The molecule has 0 saturated carbocycles. The normalized spacial score (nSPS) is 11.3. The van der Waals surface area contributed by atoms with Crippen LogP contribution in [0.2, 0.25) is 0 Å². The molecule has 17 heteroatoms. The Morgan fingerprint density at radius 1 is 0.881 bits per heavy atom. The first kappa shape index (κ1) is 29.8. The molecule has 0 unspecified atom stereocenters. The number of nitrogens with zero attached hydrogens (tertiary/aromatic N) is 4. The van der Waals surface area contributed by atoms with Crippen molar-refractivity contribution in [1.82, 2.24) is 9.97 Å². The van der Waals surface area contributed by atoms with Crippen molar-refractivity contribution in [1.29, 1.82) is 0 Å². The Morgan fingerprint density at radius 2 is 1.52 bits per heavy atom. The number of aromatic nitrogens is 2. The van der Waals surface area contributed by atoms with E-state index in [4.69, 9.17) is 9.99 Å². The van der Waals surface area contributed by atoms with Crippen LogP contribution in [0.4, 0.5) is 28.4 Å². The van der Waals surface area contributed by atoms with Gasteiger partial charge in [-0.3, -0.25) is 19.6 Å². The third kappa shape index (κ3) is 8.16. The van der Waals surface area contributed by atoms with Gasteiger partial charge in [-0.15, -0.1) is 9.45 Å². The highest BCUT2D eigenvalue weighted by Gasteiger charge is 2.12. The van der Waals surface area contributed by atoms with Crippen LogP contribution in [0.5, 0.6) is 11.6 Å². The summed E-state index contributed by atoms with van der Waals surface area (Å²) >= 11 is 0.807. The molecule has 16 nitrogen and oxygen atoms in total. The lowest BCUT2D eigenvalue weighted by atomic mass is 10.2. The minimum atomic E-state index is -0.919. The zero-order valence-corrected chi connectivity index (χ0v) is 22.1. The molecule has 0 atom stereocenters. The minimum absolute atomic E-state index is 0.0321. The van der Waals surface area contributed by atoms with Gasteiger partial charge in [-0.2, -0.15) is 15.3 Å². The Hall–Kier alpha value is -5.20. The average molecular weight is 596 g/mol. The van der Waals surface area contributed by atoms with Gasteiger partial charge in [0.05, 0.1) is 41.4 Å². The second kappa shape index (κ2) is 14.4. The van der Waals surface area contributed by atoms with Crippen molar-refractivity contribution in [2.45, 2.75) is 4.90 Å². The van der Waals surface area contributed by atoms with Gasteiger partial charge in [0.1, 0.15) is 12.4 Å². The number of amides is 1. The smallest absolute Gasteiger partial charge is 0.328 e. The van der Waals surface area contributed by atoms with Crippen molar-refractivity contribution in [2.24, 2.45) is 20.5 Å². The van der Waals surface area contributed by atoms with E-state index in [0.29, 0.717) is 22.0 Å². The summed E-state index contributed by atoms with van der Waals surface area (Å²) in [6.07, 6.45) is 0. The van der Waals surface area contributed by atoms with E-state index in [1.54, 1.807) is 42.5 Å². The molecule has 4 aromatic rings. The fourth-order valence-electron chi connectivity index (χ4n) is 3.23. The number of aliphatic hydroxyl groups is 1. The van der Waals surface area contributed by atoms with Gasteiger partial charge >= 0.3 is 5.69 Å². The number of aromatic amines is 2. The molecule has 0 aliphatic heterocycles. The molecule has 4 rings (SSSR count). The summed E-state index contributed by atoms with van der Waals surface area (Å²) in [4.78, 5) is 40.4. The lowest BCUT2D eigenvalue weighted by Crippen LogP contribution is -2.20. The maximum atomic E-state index is 12.9. The van der Waals surface area contributed by atoms with Gasteiger partial charge in [0.15, 0.2) is 0 Å². The zero-order valence-electron chi connectivity index (χ0n) is 21.3. The Labute approximate surface area is 239 Å². The van der Waals surface area contributed by atoms with Gasteiger partial charge in [-0.25, -0.2) is 10.1 Å². The molecule has 0 aliphatic rings. The molecule has 1 aromatic heterocycles. The predicted octanol–water partition coefficient (Wildman–Crippen LogP) is 4.65. The summed E-state index contributed by atoms with van der Waals surface area (Å²) in [6, 6.07) is 17.3. The molecular weight excluding hydrogens is 574 g/mol. The molecule has 0 aliphatic carbocycles. The van der Waals surface area contributed by atoms with Crippen LogP contribution in [0.15, 0.2) is 102 Å². The minimum Gasteiger partial charge on any atom is -0.493 e. The van der Waals surface area contributed by atoms with Crippen molar-refractivity contribution in [3.63, 3.8) is 0 Å². The summed E-state index contributed by atoms with van der Waals surface area (Å²) in [5.41, 5.74) is -0.504. The number of azo groups is 2. The van der Waals surface area contributed by atoms with Crippen molar-refractivity contribution in [3.05, 3.63) is 93.1 Å². The van der Waals surface area contributed by atoms with E-state index < -0.39 is 28.7 Å². The van der Waals surface area contributed by atoms with E-state index in [-0.39, 0.29) is 30.2 Å².